The van der Waals surface area contributed by atoms with Crippen molar-refractivity contribution in [2.45, 2.75) is 19.3 Å². The number of hydrogen-bond donors (Lipinski definition) is 1. The molecule has 1 N–H and O–H groups in total. The molecule has 0 bridgehead atoms. The van der Waals surface area contributed by atoms with E-state index in [1.165, 1.54) is 38.9 Å². The molecule has 1 aliphatic rings. The lowest BCUT2D eigenvalue weighted by Gasteiger charge is -2.23. The van der Waals surface area contributed by atoms with Crippen LogP contribution in [0.5, 0.6) is 0 Å². The van der Waals surface area contributed by atoms with Crippen molar-refractivity contribution < 1.29 is 0 Å². The predicted octanol–water partition coefficient (Wildman–Crippen LogP) is 8.05. The average molecular weight is 388 g/mol. The minimum atomic E-state index is -0.0513. The molecule has 0 atom stereocenters. The first-order chi connectivity index (χ1) is 14.6. The summed E-state index contributed by atoms with van der Waals surface area (Å²) in [5.74, 6) is 0. The fraction of sp³-hybridized carbons (Fsp3) is 0.103. The highest BCUT2D eigenvalue weighted by Gasteiger charge is 2.38. The lowest BCUT2D eigenvalue weighted by Crippen LogP contribution is -2.16. The van der Waals surface area contributed by atoms with E-state index in [2.05, 4.69) is 111 Å². The van der Waals surface area contributed by atoms with Gasteiger partial charge in [-0.2, -0.15) is 0 Å². The van der Waals surface area contributed by atoms with E-state index in [4.69, 9.17) is 0 Å². The van der Waals surface area contributed by atoms with Gasteiger partial charge in [0.1, 0.15) is 0 Å². The van der Waals surface area contributed by atoms with Crippen LogP contribution < -0.4 is 5.32 Å². The maximum atomic E-state index is 4.04. The first-order valence-electron chi connectivity index (χ1n) is 10.4. The number of anilines is 2. The zero-order valence-electron chi connectivity index (χ0n) is 17.4. The standard InChI is InChI=1S/C29H25N/c1-4-20-12-8-13-24-27-25(29(2,3)28(20)24)14-9-15-26(27)30-23-18-16-22(17-19-23)21-10-6-5-7-11-21/h4-19,30H,1H2,2-3H3. The Hall–Kier alpha value is -3.58. The maximum absolute atomic E-state index is 4.04. The van der Waals surface area contributed by atoms with Crippen LogP contribution in [0.25, 0.3) is 28.3 Å². The molecule has 4 aromatic rings. The van der Waals surface area contributed by atoms with Crippen LogP contribution in [0.4, 0.5) is 11.4 Å². The summed E-state index contributed by atoms with van der Waals surface area (Å²) in [6.07, 6.45) is 1.97. The molecule has 0 saturated heterocycles. The summed E-state index contributed by atoms with van der Waals surface area (Å²) in [5.41, 5.74) is 11.2. The molecule has 0 heterocycles. The minimum absolute atomic E-state index is 0.0513. The van der Waals surface area contributed by atoms with Crippen LogP contribution in [-0.4, -0.2) is 0 Å². The molecule has 5 rings (SSSR count). The summed E-state index contributed by atoms with van der Waals surface area (Å²) in [4.78, 5) is 0. The first-order valence-corrected chi connectivity index (χ1v) is 10.4. The summed E-state index contributed by atoms with van der Waals surface area (Å²) in [6, 6.07) is 32.3. The van der Waals surface area contributed by atoms with Gasteiger partial charge in [-0.25, -0.2) is 0 Å². The number of hydrogen-bond acceptors (Lipinski definition) is 1. The van der Waals surface area contributed by atoms with Crippen molar-refractivity contribution in [2.24, 2.45) is 0 Å². The Balaban J connectivity index is 1.56. The van der Waals surface area contributed by atoms with Crippen LogP contribution in [0.2, 0.25) is 0 Å². The monoisotopic (exact) mass is 387 g/mol. The highest BCUT2D eigenvalue weighted by molar-refractivity contribution is 5.93. The molecule has 30 heavy (non-hydrogen) atoms. The lowest BCUT2D eigenvalue weighted by molar-refractivity contribution is 0.659. The molecule has 1 nitrogen and oxygen atoms in total. The van der Waals surface area contributed by atoms with Gasteiger partial charge in [-0.1, -0.05) is 99.3 Å². The van der Waals surface area contributed by atoms with Crippen LogP contribution in [0, 0.1) is 0 Å². The summed E-state index contributed by atoms with van der Waals surface area (Å²) < 4.78 is 0. The van der Waals surface area contributed by atoms with E-state index in [-0.39, 0.29) is 5.41 Å². The van der Waals surface area contributed by atoms with Gasteiger partial charge in [0.15, 0.2) is 0 Å². The van der Waals surface area contributed by atoms with E-state index in [0.29, 0.717) is 0 Å². The Morgan fingerprint density at radius 1 is 0.733 bits per heavy atom. The van der Waals surface area contributed by atoms with E-state index in [0.717, 1.165) is 11.4 Å². The van der Waals surface area contributed by atoms with Gasteiger partial charge in [0, 0.05) is 22.4 Å². The number of rotatable bonds is 4. The quantitative estimate of drug-likeness (QED) is 0.373. The molecule has 0 aliphatic heterocycles. The van der Waals surface area contributed by atoms with Gasteiger partial charge in [-0.05, 0) is 51.6 Å². The van der Waals surface area contributed by atoms with Gasteiger partial charge >= 0.3 is 0 Å². The van der Waals surface area contributed by atoms with Gasteiger partial charge in [-0.15, -0.1) is 0 Å². The molecule has 0 saturated carbocycles. The van der Waals surface area contributed by atoms with Crippen molar-refractivity contribution in [1.29, 1.82) is 0 Å². The average Bonchev–Trinajstić information content (AvgIpc) is 3.03. The third-order valence-electron chi connectivity index (χ3n) is 6.22. The van der Waals surface area contributed by atoms with Crippen LogP contribution in [0.1, 0.15) is 30.5 Å². The van der Waals surface area contributed by atoms with E-state index in [1.807, 2.05) is 12.1 Å². The van der Waals surface area contributed by atoms with Crippen molar-refractivity contribution in [2.75, 3.05) is 5.32 Å². The number of nitrogens with one attached hydrogen (secondary N) is 1. The normalized spacial score (nSPS) is 13.4. The summed E-state index contributed by atoms with van der Waals surface area (Å²) in [6.45, 7) is 8.66. The second-order valence-corrected chi connectivity index (χ2v) is 8.40. The molecular formula is C29H25N. The number of fused-ring (bicyclic) bond motifs is 3. The molecule has 0 radical (unpaired) electrons. The maximum Gasteiger partial charge on any atom is 0.0467 e. The molecule has 1 aliphatic carbocycles. The molecule has 0 amide bonds. The molecule has 0 aromatic heterocycles. The minimum Gasteiger partial charge on any atom is -0.355 e. The largest absolute Gasteiger partial charge is 0.355 e. The van der Waals surface area contributed by atoms with Gasteiger partial charge in [0.2, 0.25) is 0 Å². The Morgan fingerprint density at radius 3 is 2.17 bits per heavy atom. The lowest BCUT2D eigenvalue weighted by atomic mass is 9.80. The Kier molecular flexibility index (Phi) is 4.33. The fourth-order valence-electron chi connectivity index (χ4n) is 4.78. The number of benzene rings is 4. The first kappa shape index (κ1) is 18.4. The van der Waals surface area contributed by atoms with Crippen molar-refractivity contribution in [3.05, 3.63) is 114 Å². The molecule has 0 fully saturated rings. The van der Waals surface area contributed by atoms with Gasteiger partial charge in [-0.3, -0.25) is 0 Å². The van der Waals surface area contributed by atoms with Gasteiger partial charge < -0.3 is 5.32 Å². The molecule has 146 valence electrons. The molecule has 4 aromatic carbocycles. The second-order valence-electron chi connectivity index (χ2n) is 8.40. The zero-order valence-corrected chi connectivity index (χ0v) is 17.4. The van der Waals surface area contributed by atoms with E-state index in [9.17, 15) is 0 Å². The fourth-order valence-corrected chi connectivity index (χ4v) is 4.78. The molecular weight excluding hydrogens is 362 g/mol. The third kappa shape index (κ3) is 2.86. The zero-order chi connectivity index (χ0) is 20.7. The smallest absolute Gasteiger partial charge is 0.0467 e. The van der Waals surface area contributed by atoms with Crippen molar-refractivity contribution in [1.82, 2.24) is 0 Å². The van der Waals surface area contributed by atoms with Crippen LogP contribution in [0.3, 0.4) is 0 Å². The van der Waals surface area contributed by atoms with Crippen molar-refractivity contribution in [3.63, 3.8) is 0 Å². The third-order valence-corrected chi connectivity index (χ3v) is 6.22. The Labute approximate surface area is 178 Å². The van der Waals surface area contributed by atoms with Crippen LogP contribution in [-0.2, 0) is 5.41 Å². The highest BCUT2D eigenvalue weighted by atomic mass is 14.9. The summed E-state index contributed by atoms with van der Waals surface area (Å²) in [5, 5.41) is 3.67. The van der Waals surface area contributed by atoms with Gasteiger partial charge in [0.05, 0.1) is 0 Å². The highest BCUT2D eigenvalue weighted by Crippen LogP contribution is 2.53. The summed E-state index contributed by atoms with van der Waals surface area (Å²) in [7, 11) is 0. The SMILES string of the molecule is C=Cc1cccc2c1C(C)(C)c1cccc(Nc3ccc(-c4ccccc4)cc3)c1-2. The topological polar surface area (TPSA) is 12.0 Å². The van der Waals surface area contributed by atoms with E-state index in [1.54, 1.807) is 0 Å². The molecule has 1 heteroatoms. The second kappa shape index (κ2) is 7.03. The predicted molar refractivity (Wildman–Crippen MR) is 129 cm³/mol. The van der Waals surface area contributed by atoms with E-state index >= 15 is 0 Å². The van der Waals surface area contributed by atoms with Crippen molar-refractivity contribution in [3.8, 4) is 22.3 Å². The Morgan fingerprint density at radius 2 is 1.43 bits per heavy atom. The Bertz CT molecular complexity index is 1230. The molecule has 0 unspecified atom stereocenters. The summed E-state index contributed by atoms with van der Waals surface area (Å²) >= 11 is 0. The van der Waals surface area contributed by atoms with Gasteiger partial charge in [0.25, 0.3) is 0 Å². The van der Waals surface area contributed by atoms with Crippen LogP contribution in [0.15, 0.2) is 97.6 Å². The molecule has 0 spiro atoms. The van der Waals surface area contributed by atoms with E-state index < -0.39 is 0 Å². The van der Waals surface area contributed by atoms with Crippen molar-refractivity contribution >= 4 is 17.5 Å². The van der Waals surface area contributed by atoms with Crippen LogP contribution >= 0.6 is 0 Å².